The number of hydrogen-bond donors (Lipinski definition) is 1. The average molecular weight is 449 g/mol. The molecule has 1 N–H and O–H groups in total. The Morgan fingerprint density at radius 3 is 2.48 bits per heavy atom. The standard InChI is InChI=1S/C23H29FN2O4S/c1-23(2,3)17-9-12-20-19(14-17)26(31(4,28)29)15-21(30-20)22(27)25-13-5-6-16-7-10-18(24)11-8-16/h7-12,14,21H,5-6,13,15H2,1-4H3,(H,25,27). The van der Waals surface area contributed by atoms with Gasteiger partial charge in [0.1, 0.15) is 11.6 Å². The Hall–Kier alpha value is -2.61. The molecule has 3 rings (SSSR count). The molecule has 0 bridgehead atoms. The quantitative estimate of drug-likeness (QED) is 0.688. The van der Waals surface area contributed by atoms with Crippen LogP contribution in [0.25, 0.3) is 0 Å². The molecule has 0 aliphatic carbocycles. The second kappa shape index (κ2) is 8.86. The first-order valence-corrected chi connectivity index (χ1v) is 12.1. The fourth-order valence-electron chi connectivity index (χ4n) is 3.44. The molecule has 0 saturated heterocycles. The number of nitrogens with one attached hydrogen (secondary N) is 1. The molecule has 1 amide bonds. The largest absolute Gasteiger partial charge is 0.476 e. The van der Waals surface area contributed by atoms with Gasteiger partial charge in [-0.2, -0.15) is 0 Å². The molecule has 1 aliphatic heterocycles. The van der Waals surface area contributed by atoms with Crippen molar-refractivity contribution in [3.63, 3.8) is 0 Å². The summed E-state index contributed by atoms with van der Waals surface area (Å²) in [5.41, 5.74) is 2.26. The number of hydrogen-bond acceptors (Lipinski definition) is 4. The molecule has 0 radical (unpaired) electrons. The van der Waals surface area contributed by atoms with Gasteiger partial charge in [-0.25, -0.2) is 12.8 Å². The molecule has 168 valence electrons. The van der Waals surface area contributed by atoms with E-state index in [1.165, 1.54) is 16.4 Å². The number of fused-ring (bicyclic) bond motifs is 1. The molecule has 2 aromatic carbocycles. The minimum Gasteiger partial charge on any atom is -0.476 e. The lowest BCUT2D eigenvalue weighted by Crippen LogP contribution is -2.50. The third-order valence-corrected chi connectivity index (χ3v) is 6.39. The van der Waals surface area contributed by atoms with Gasteiger partial charge < -0.3 is 10.1 Å². The molecule has 0 fully saturated rings. The zero-order valence-electron chi connectivity index (χ0n) is 18.3. The second-order valence-corrected chi connectivity index (χ2v) is 10.8. The lowest BCUT2D eigenvalue weighted by atomic mass is 9.86. The molecule has 0 spiro atoms. The van der Waals surface area contributed by atoms with Crippen molar-refractivity contribution in [2.24, 2.45) is 0 Å². The third kappa shape index (κ3) is 5.76. The molecule has 1 aliphatic rings. The highest BCUT2D eigenvalue weighted by molar-refractivity contribution is 7.92. The molecule has 0 aromatic heterocycles. The van der Waals surface area contributed by atoms with Crippen molar-refractivity contribution in [1.82, 2.24) is 5.32 Å². The van der Waals surface area contributed by atoms with Gasteiger partial charge in [-0.1, -0.05) is 39.0 Å². The summed E-state index contributed by atoms with van der Waals surface area (Å²) in [6, 6.07) is 11.7. The van der Waals surface area contributed by atoms with E-state index in [0.29, 0.717) is 30.8 Å². The van der Waals surface area contributed by atoms with Crippen LogP contribution in [0.3, 0.4) is 0 Å². The predicted octanol–water partition coefficient (Wildman–Crippen LogP) is 3.40. The number of aryl methyl sites for hydroxylation is 1. The number of anilines is 1. The topological polar surface area (TPSA) is 75.7 Å². The van der Waals surface area contributed by atoms with E-state index in [4.69, 9.17) is 4.74 Å². The van der Waals surface area contributed by atoms with Crippen molar-refractivity contribution in [3.8, 4) is 5.75 Å². The van der Waals surface area contributed by atoms with Crippen molar-refractivity contribution >= 4 is 21.6 Å². The van der Waals surface area contributed by atoms with E-state index in [1.54, 1.807) is 18.2 Å². The van der Waals surface area contributed by atoms with Crippen molar-refractivity contribution in [2.45, 2.75) is 45.1 Å². The molecule has 1 unspecified atom stereocenters. The molecular weight excluding hydrogens is 419 g/mol. The van der Waals surface area contributed by atoms with Gasteiger partial charge >= 0.3 is 0 Å². The summed E-state index contributed by atoms with van der Waals surface area (Å²) < 4.78 is 44.9. The smallest absolute Gasteiger partial charge is 0.263 e. The molecule has 6 nitrogen and oxygen atoms in total. The zero-order valence-corrected chi connectivity index (χ0v) is 19.1. The van der Waals surface area contributed by atoms with Gasteiger partial charge in [-0.3, -0.25) is 9.10 Å². The normalized spacial score (nSPS) is 16.4. The molecule has 1 atom stereocenters. The Bertz CT molecular complexity index is 1050. The summed E-state index contributed by atoms with van der Waals surface area (Å²) in [5, 5.41) is 2.81. The van der Waals surface area contributed by atoms with Crippen LogP contribution in [0.2, 0.25) is 0 Å². The van der Waals surface area contributed by atoms with Crippen LogP contribution in [0.5, 0.6) is 5.75 Å². The second-order valence-electron chi connectivity index (χ2n) is 8.85. The van der Waals surface area contributed by atoms with Crippen LogP contribution < -0.4 is 14.4 Å². The minimum atomic E-state index is -3.59. The van der Waals surface area contributed by atoms with Crippen LogP contribution >= 0.6 is 0 Å². The van der Waals surface area contributed by atoms with Gasteiger partial charge in [0.2, 0.25) is 10.0 Å². The van der Waals surface area contributed by atoms with Crippen molar-refractivity contribution < 1.29 is 22.3 Å². The van der Waals surface area contributed by atoms with Gasteiger partial charge in [0, 0.05) is 6.54 Å². The van der Waals surface area contributed by atoms with E-state index < -0.39 is 16.1 Å². The Morgan fingerprint density at radius 2 is 1.87 bits per heavy atom. The Morgan fingerprint density at radius 1 is 1.19 bits per heavy atom. The van der Waals surface area contributed by atoms with Crippen LogP contribution in [-0.4, -0.2) is 39.8 Å². The van der Waals surface area contributed by atoms with E-state index in [2.05, 4.69) is 5.32 Å². The number of nitrogens with zero attached hydrogens (tertiary/aromatic N) is 1. The average Bonchev–Trinajstić information content (AvgIpc) is 2.69. The third-order valence-electron chi connectivity index (χ3n) is 5.24. The molecule has 8 heteroatoms. The van der Waals surface area contributed by atoms with Gasteiger partial charge in [0.05, 0.1) is 18.5 Å². The summed E-state index contributed by atoms with van der Waals surface area (Å²) in [6.45, 7) is 6.47. The number of sulfonamides is 1. The number of ether oxygens (including phenoxy) is 1. The van der Waals surface area contributed by atoms with Crippen LogP contribution in [-0.2, 0) is 26.7 Å². The molecule has 0 saturated carbocycles. The highest BCUT2D eigenvalue weighted by Gasteiger charge is 2.35. The lowest BCUT2D eigenvalue weighted by Gasteiger charge is -2.35. The summed E-state index contributed by atoms with van der Waals surface area (Å²) in [4.78, 5) is 12.7. The zero-order chi connectivity index (χ0) is 22.8. The minimum absolute atomic E-state index is 0.0801. The van der Waals surface area contributed by atoms with Crippen molar-refractivity contribution in [3.05, 3.63) is 59.4 Å². The fraction of sp³-hybridized carbons (Fsp3) is 0.435. The molecular formula is C23H29FN2O4S. The summed E-state index contributed by atoms with van der Waals surface area (Å²) >= 11 is 0. The van der Waals surface area contributed by atoms with Crippen LogP contribution in [0.1, 0.15) is 38.3 Å². The Balaban J connectivity index is 1.67. The monoisotopic (exact) mass is 448 g/mol. The number of carbonyl (C=O) groups excluding carboxylic acids is 1. The number of halogens is 1. The number of amides is 1. The maximum atomic E-state index is 13.0. The number of rotatable bonds is 6. The highest BCUT2D eigenvalue weighted by atomic mass is 32.2. The maximum Gasteiger partial charge on any atom is 0.263 e. The molecule has 1 heterocycles. The lowest BCUT2D eigenvalue weighted by molar-refractivity contribution is -0.127. The van der Waals surface area contributed by atoms with Crippen LogP contribution in [0.4, 0.5) is 10.1 Å². The summed E-state index contributed by atoms with van der Waals surface area (Å²) in [7, 11) is -3.59. The van der Waals surface area contributed by atoms with Crippen molar-refractivity contribution in [1.29, 1.82) is 0 Å². The van der Waals surface area contributed by atoms with Crippen LogP contribution in [0, 0.1) is 5.82 Å². The maximum absolute atomic E-state index is 13.0. The number of carbonyl (C=O) groups is 1. The fourth-order valence-corrected chi connectivity index (χ4v) is 4.34. The first-order valence-electron chi connectivity index (χ1n) is 10.3. The van der Waals surface area contributed by atoms with Gasteiger partial charge in [0.15, 0.2) is 6.10 Å². The van der Waals surface area contributed by atoms with E-state index in [0.717, 1.165) is 17.4 Å². The van der Waals surface area contributed by atoms with E-state index in [-0.39, 0.29) is 23.7 Å². The highest BCUT2D eigenvalue weighted by Crippen LogP contribution is 2.38. The predicted molar refractivity (Wildman–Crippen MR) is 119 cm³/mol. The van der Waals surface area contributed by atoms with E-state index in [9.17, 15) is 17.6 Å². The SMILES string of the molecule is CC(C)(C)c1ccc2c(c1)N(S(C)(=O)=O)CC(C(=O)NCCCc1ccc(F)cc1)O2. The van der Waals surface area contributed by atoms with Crippen LogP contribution in [0.15, 0.2) is 42.5 Å². The molecule has 31 heavy (non-hydrogen) atoms. The first-order chi connectivity index (χ1) is 14.4. The molecule has 2 aromatic rings. The van der Waals surface area contributed by atoms with E-state index in [1.807, 2.05) is 32.9 Å². The van der Waals surface area contributed by atoms with Gasteiger partial charge in [-0.15, -0.1) is 0 Å². The number of benzene rings is 2. The van der Waals surface area contributed by atoms with Gasteiger partial charge in [0.25, 0.3) is 5.91 Å². The van der Waals surface area contributed by atoms with Crippen molar-refractivity contribution in [2.75, 3.05) is 23.7 Å². The van der Waals surface area contributed by atoms with E-state index >= 15 is 0 Å². The Labute approximate surface area is 183 Å². The Kier molecular flexibility index (Phi) is 6.59. The van der Waals surface area contributed by atoms with Gasteiger partial charge in [-0.05, 0) is 53.6 Å². The summed E-state index contributed by atoms with van der Waals surface area (Å²) in [6.07, 6.45) is 1.56. The summed E-state index contributed by atoms with van der Waals surface area (Å²) in [5.74, 6) is -0.272. The first kappa shape index (κ1) is 23.1.